The maximum absolute atomic E-state index is 9.78. The van der Waals surface area contributed by atoms with E-state index in [0.29, 0.717) is 6.54 Å². The van der Waals surface area contributed by atoms with Gasteiger partial charge in [0.05, 0.1) is 18.1 Å². The highest BCUT2D eigenvalue weighted by Crippen LogP contribution is 2.22. The van der Waals surface area contributed by atoms with E-state index in [0.717, 1.165) is 19.4 Å². The van der Waals surface area contributed by atoms with Crippen molar-refractivity contribution in [1.29, 1.82) is 5.26 Å². The van der Waals surface area contributed by atoms with E-state index in [1.807, 2.05) is 13.1 Å². The summed E-state index contributed by atoms with van der Waals surface area (Å²) in [5, 5.41) is 18.2. The van der Waals surface area contributed by atoms with Gasteiger partial charge in [-0.3, -0.25) is 0 Å². The van der Waals surface area contributed by atoms with Gasteiger partial charge in [-0.1, -0.05) is 0 Å². The molecule has 0 bridgehead atoms. The molecule has 0 amide bonds. The van der Waals surface area contributed by atoms with E-state index < -0.39 is 5.60 Å². The van der Waals surface area contributed by atoms with Crippen LogP contribution in [0.4, 0.5) is 0 Å². The summed E-state index contributed by atoms with van der Waals surface area (Å²) in [6.45, 7) is 1.67. The lowest BCUT2D eigenvalue weighted by Gasteiger charge is -2.35. The third-order valence-electron chi connectivity index (χ3n) is 2.15. The van der Waals surface area contributed by atoms with Crippen molar-refractivity contribution in [1.82, 2.24) is 4.90 Å². The molecule has 1 fully saturated rings. The van der Waals surface area contributed by atoms with Gasteiger partial charge in [-0.15, -0.1) is 0 Å². The molecule has 0 aromatic carbocycles. The van der Waals surface area contributed by atoms with E-state index in [4.69, 9.17) is 5.26 Å². The summed E-state index contributed by atoms with van der Waals surface area (Å²) >= 11 is 0. The fourth-order valence-corrected chi connectivity index (χ4v) is 1.63. The van der Waals surface area contributed by atoms with Gasteiger partial charge in [-0.05, 0) is 26.4 Å². The minimum Gasteiger partial charge on any atom is -0.387 e. The average Bonchev–Trinajstić information content (AvgIpc) is 1.86. The standard InChI is InChI=1S/C8H14N2O/c1-10-6-2-3-8(11,7-10)4-5-9/h11H,2-4,6-7H2,1H3. The SMILES string of the molecule is CN1CCCC(O)(CC#N)C1. The highest BCUT2D eigenvalue weighted by Gasteiger charge is 2.31. The van der Waals surface area contributed by atoms with E-state index in [-0.39, 0.29) is 6.42 Å². The monoisotopic (exact) mass is 154 g/mol. The smallest absolute Gasteiger partial charge is 0.0903 e. The molecule has 0 aliphatic carbocycles. The number of piperidine rings is 1. The van der Waals surface area contributed by atoms with Gasteiger partial charge in [0.15, 0.2) is 0 Å². The second-order valence-electron chi connectivity index (χ2n) is 3.40. The number of hydrogen-bond donors (Lipinski definition) is 1. The Labute approximate surface area is 67.2 Å². The molecule has 0 aromatic rings. The molecular weight excluding hydrogens is 140 g/mol. The van der Waals surface area contributed by atoms with Crippen LogP contribution in [0.15, 0.2) is 0 Å². The van der Waals surface area contributed by atoms with Gasteiger partial charge in [0, 0.05) is 6.54 Å². The topological polar surface area (TPSA) is 47.3 Å². The van der Waals surface area contributed by atoms with Crippen molar-refractivity contribution < 1.29 is 5.11 Å². The highest BCUT2D eigenvalue weighted by molar-refractivity contribution is 4.93. The normalized spacial score (nSPS) is 33.2. The quantitative estimate of drug-likeness (QED) is 0.593. The zero-order chi connectivity index (χ0) is 8.32. The molecule has 1 aliphatic rings. The van der Waals surface area contributed by atoms with Crippen LogP contribution in [0, 0.1) is 11.3 Å². The summed E-state index contributed by atoms with van der Waals surface area (Å²) in [4.78, 5) is 2.07. The first-order valence-electron chi connectivity index (χ1n) is 3.94. The molecule has 0 radical (unpaired) electrons. The fourth-order valence-electron chi connectivity index (χ4n) is 1.63. The number of nitrogens with zero attached hydrogens (tertiary/aromatic N) is 2. The summed E-state index contributed by atoms with van der Waals surface area (Å²) in [5.74, 6) is 0. The van der Waals surface area contributed by atoms with Crippen molar-refractivity contribution in [3.05, 3.63) is 0 Å². The highest BCUT2D eigenvalue weighted by atomic mass is 16.3. The number of nitriles is 1. The minimum absolute atomic E-state index is 0.261. The minimum atomic E-state index is -0.734. The number of rotatable bonds is 1. The Morgan fingerprint density at radius 2 is 2.45 bits per heavy atom. The van der Waals surface area contributed by atoms with E-state index in [9.17, 15) is 5.11 Å². The molecule has 1 atom stereocenters. The van der Waals surface area contributed by atoms with Crippen LogP contribution in [-0.2, 0) is 0 Å². The zero-order valence-electron chi connectivity index (χ0n) is 6.88. The summed E-state index contributed by atoms with van der Waals surface area (Å²) in [6.07, 6.45) is 2.02. The Morgan fingerprint density at radius 3 is 3.00 bits per heavy atom. The number of likely N-dealkylation sites (N-methyl/N-ethyl adjacent to an activating group) is 1. The number of aliphatic hydroxyl groups is 1. The number of hydrogen-bond acceptors (Lipinski definition) is 3. The Hall–Kier alpha value is -0.590. The van der Waals surface area contributed by atoms with Crippen LogP contribution < -0.4 is 0 Å². The Morgan fingerprint density at radius 1 is 1.73 bits per heavy atom. The van der Waals surface area contributed by atoms with Crippen LogP contribution in [0.5, 0.6) is 0 Å². The van der Waals surface area contributed by atoms with Crippen molar-refractivity contribution in [2.24, 2.45) is 0 Å². The van der Waals surface area contributed by atoms with Crippen LogP contribution in [0.1, 0.15) is 19.3 Å². The summed E-state index contributed by atoms with van der Waals surface area (Å²) < 4.78 is 0. The molecule has 1 heterocycles. The van der Waals surface area contributed by atoms with Gasteiger partial charge in [0.2, 0.25) is 0 Å². The van der Waals surface area contributed by atoms with Gasteiger partial charge in [0.25, 0.3) is 0 Å². The molecule has 1 rings (SSSR count). The molecule has 1 saturated heterocycles. The van der Waals surface area contributed by atoms with Crippen LogP contribution >= 0.6 is 0 Å². The largest absolute Gasteiger partial charge is 0.387 e. The van der Waals surface area contributed by atoms with Crippen molar-refractivity contribution >= 4 is 0 Å². The van der Waals surface area contributed by atoms with E-state index in [1.165, 1.54) is 0 Å². The predicted octanol–water partition coefficient (Wildman–Crippen LogP) is 0.357. The average molecular weight is 154 g/mol. The van der Waals surface area contributed by atoms with Crippen LogP contribution in [0.3, 0.4) is 0 Å². The lowest BCUT2D eigenvalue weighted by molar-refractivity contribution is -0.0189. The lowest BCUT2D eigenvalue weighted by atomic mass is 9.90. The Balaban J connectivity index is 2.50. The first-order valence-corrected chi connectivity index (χ1v) is 3.94. The molecule has 0 saturated carbocycles. The first kappa shape index (κ1) is 8.51. The van der Waals surface area contributed by atoms with Crippen molar-refractivity contribution in [2.45, 2.75) is 24.9 Å². The van der Waals surface area contributed by atoms with Crippen LogP contribution in [-0.4, -0.2) is 35.7 Å². The molecule has 3 nitrogen and oxygen atoms in total. The van der Waals surface area contributed by atoms with E-state index in [1.54, 1.807) is 0 Å². The van der Waals surface area contributed by atoms with Gasteiger partial charge < -0.3 is 10.0 Å². The first-order chi connectivity index (χ1) is 5.16. The van der Waals surface area contributed by atoms with Crippen molar-refractivity contribution in [2.75, 3.05) is 20.1 Å². The molecule has 1 aliphatic heterocycles. The van der Waals surface area contributed by atoms with Crippen LogP contribution in [0.25, 0.3) is 0 Å². The molecular formula is C8H14N2O. The summed E-state index contributed by atoms with van der Waals surface area (Å²) in [5.41, 5.74) is -0.734. The Kier molecular flexibility index (Phi) is 2.48. The summed E-state index contributed by atoms with van der Waals surface area (Å²) in [6, 6.07) is 2.02. The Bertz CT molecular complexity index is 175. The predicted molar refractivity (Wildman–Crippen MR) is 41.9 cm³/mol. The molecule has 0 aromatic heterocycles. The lowest BCUT2D eigenvalue weighted by Crippen LogP contribution is -2.46. The van der Waals surface area contributed by atoms with Gasteiger partial charge in [-0.2, -0.15) is 5.26 Å². The molecule has 62 valence electrons. The van der Waals surface area contributed by atoms with Crippen molar-refractivity contribution in [3.63, 3.8) is 0 Å². The molecule has 0 spiro atoms. The molecule has 11 heavy (non-hydrogen) atoms. The molecule has 3 heteroatoms. The maximum atomic E-state index is 9.78. The van der Waals surface area contributed by atoms with E-state index >= 15 is 0 Å². The third-order valence-corrected chi connectivity index (χ3v) is 2.15. The molecule has 1 N–H and O–H groups in total. The van der Waals surface area contributed by atoms with Gasteiger partial charge >= 0.3 is 0 Å². The third kappa shape index (κ3) is 2.18. The fraction of sp³-hybridized carbons (Fsp3) is 0.875. The van der Waals surface area contributed by atoms with Crippen molar-refractivity contribution in [3.8, 4) is 6.07 Å². The maximum Gasteiger partial charge on any atom is 0.0903 e. The van der Waals surface area contributed by atoms with E-state index in [2.05, 4.69) is 4.90 Å². The van der Waals surface area contributed by atoms with Crippen LogP contribution in [0.2, 0.25) is 0 Å². The number of likely N-dealkylation sites (tertiary alicyclic amines) is 1. The zero-order valence-corrected chi connectivity index (χ0v) is 6.88. The summed E-state index contributed by atoms with van der Waals surface area (Å²) in [7, 11) is 1.97. The molecule has 1 unspecified atom stereocenters. The second kappa shape index (κ2) is 3.21. The second-order valence-corrected chi connectivity index (χ2v) is 3.40. The van der Waals surface area contributed by atoms with Gasteiger partial charge in [-0.25, -0.2) is 0 Å². The number of β-amino-alcohol motifs (C(OH)–C–C–N with tert-alkyl or cyclic N) is 1. The van der Waals surface area contributed by atoms with Gasteiger partial charge in [0.1, 0.15) is 0 Å².